The summed E-state index contributed by atoms with van der Waals surface area (Å²) in [6.07, 6.45) is 4.51. The summed E-state index contributed by atoms with van der Waals surface area (Å²) in [5.41, 5.74) is 1.27. The van der Waals surface area contributed by atoms with E-state index in [0.717, 1.165) is 31.8 Å². The molecule has 1 aliphatic rings. The number of hydrogen-bond donors (Lipinski definition) is 1. The molecule has 0 spiro atoms. The maximum absolute atomic E-state index is 5.50. The molecule has 2 unspecified atom stereocenters. The van der Waals surface area contributed by atoms with Crippen LogP contribution in [0, 0.1) is 0 Å². The first-order valence-electron chi connectivity index (χ1n) is 7.25. The van der Waals surface area contributed by atoms with Crippen LogP contribution in [0.1, 0.15) is 31.7 Å². The molecule has 2 rings (SSSR count). The van der Waals surface area contributed by atoms with Gasteiger partial charge in [-0.15, -0.1) is 0 Å². The maximum atomic E-state index is 5.50. The molecule has 0 bridgehead atoms. The molecule has 1 fully saturated rings. The lowest BCUT2D eigenvalue weighted by Crippen LogP contribution is -2.38. The van der Waals surface area contributed by atoms with Crippen molar-refractivity contribution in [1.29, 1.82) is 0 Å². The highest BCUT2D eigenvalue weighted by Gasteiger charge is 2.15. The molecule has 1 aliphatic heterocycles. The molecule has 0 amide bonds. The van der Waals surface area contributed by atoms with E-state index in [4.69, 9.17) is 9.47 Å². The third kappa shape index (κ3) is 4.51. The zero-order chi connectivity index (χ0) is 13.5. The van der Waals surface area contributed by atoms with Crippen molar-refractivity contribution in [3.63, 3.8) is 0 Å². The molecule has 3 heteroatoms. The molecule has 19 heavy (non-hydrogen) atoms. The van der Waals surface area contributed by atoms with Gasteiger partial charge in [-0.3, -0.25) is 0 Å². The summed E-state index contributed by atoms with van der Waals surface area (Å²) in [6.45, 7) is 4.05. The minimum absolute atomic E-state index is 0.458. The van der Waals surface area contributed by atoms with Crippen molar-refractivity contribution in [1.82, 2.24) is 5.32 Å². The van der Waals surface area contributed by atoms with Crippen LogP contribution in [-0.2, 0) is 11.2 Å². The minimum Gasteiger partial charge on any atom is -0.496 e. The van der Waals surface area contributed by atoms with Crippen LogP contribution in [0.15, 0.2) is 24.3 Å². The fourth-order valence-corrected chi connectivity index (χ4v) is 2.73. The standard InChI is InChI=1S/C16H25NO2/c1-13(17-15-7-5-10-19-11-9-15)12-14-6-3-4-8-16(14)18-2/h3-4,6,8,13,15,17H,5,7,9-12H2,1-2H3. The van der Waals surface area contributed by atoms with Crippen LogP contribution < -0.4 is 10.1 Å². The average Bonchev–Trinajstić information content (AvgIpc) is 2.68. The van der Waals surface area contributed by atoms with Crippen LogP contribution in [0.4, 0.5) is 0 Å². The van der Waals surface area contributed by atoms with Gasteiger partial charge in [0.2, 0.25) is 0 Å². The highest BCUT2D eigenvalue weighted by Crippen LogP contribution is 2.19. The van der Waals surface area contributed by atoms with Gasteiger partial charge in [0.1, 0.15) is 5.75 Å². The molecule has 0 radical (unpaired) electrons. The van der Waals surface area contributed by atoms with Crippen molar-refractivity contribution in [3.8, 4) is 5.75 Å². The summed E-state index contributed by atoms with van der Waals surface area (Å²) >= 11 is 0. The highest BCUT2D eigenvalue weighted by atomic mass is 16.5. The molecule has 1 N–H and O–H groups in total. The molecule has 1 aromatic carbocycles. The number of hydrogen-bond acceptors (Lipinski definition) is 3. The summed E-state index contributed by atoms with van der Waals surface area (Å²) in [4.78, 5) is 0. The Morgan fingerprint density at radius 2 is 2.16 bits per heavy atom. The molecule has 2 atom stereocenters. The lowest BCUT2D eigenvalue weighted by molar-refractivity contribution is 0.142. The van der Waals surface area contributed by atoms with Gasteiger partial charge < -0.3 is 14.8 Å². The van der Waals surface area contributed by atoms with Crippen LogP contribution in [0.25, 0.3) is 0 Å². The molecule has 1 aromatic rings. The summed E-state index contributed by atoms with van der Waals surface area (Å²) < 4.78 is 10.9. The zero-order valence-electron chi connectivity index (χ0n) is 12.0. The van der Waals surface area contributed by atoms with E-state index in [0.29, 0.717) is 12.1 Å². The number of para-hydroxylation sites is 1. The van der Waals surface area contributed by atoms with E-state index in [2.05, 4.69) is 24.4 Å². The Morgan fingerprint density at radius 1 is 1.32 bits per heavy atom. The largest absolute Gasteiger partial charge is 0.496 e. The van der Waals surface area contributed by atoms with E-state index in [9.17, 15) is 0 Å². The first-order valence-corrected chi connectivity index (χ1v) is 7.25. The van der Waals surface area contributed by atoms with Crippen LogP contribution in [0.5, 0.6) is 5.75 Å². The molecule has 0 aliphatic carbocycles. The summed E-state index contributed by atoms with van der Waals surface area (Å²) in [5.74, 6) is 0.986. The Balaban J connectivity index is 1.87. The number of rotatable bonds is 5. The predicted octanol–water partition coefficient (Wildman–Crippen LogP) is 2.78. The van der Waals surface area contributed by atoms with Crippen molar-refractivity contribution in [2.24, 2.45) is 0 Å². The molecule has 3 nitrogen and oxygen atoms in total. The summed E-state index contributed by atoms with van der Waals surface area (Å²) in [7, 11) is 1.74. The van der Waals surface area contributed by atoms with Crippen LogP contribution in [0.3, 0.4) is 0 Å². The van der Waals surface area contributed by atoms with Gasteiger partial charge in [0.25, 0.3) is 0 Å². The van der Waals surface area contributed by atoms with Crippen molar-refractivity contribution in [2.75, 3.05) is 20.3 Å². The van der Waals surface area contributed by atoms with Crippen molar-refractivity contribution in [2.45, 2.75) is 44.7 Å². The van der Waals surface area contributed by atoms with E-state index in [1.807, 2.05) is 12.1 Å². The Kier molecular flexibility index (Phi) is 5.67. The predicted molar refractivity (Wildman–Crippen MR) is 77.8 cm³/mol. The molecule has 106 valence electrons. The highest BCUT2D eigenvalue weighted by molar-refractivity contribution is 5.33. The van der Waals surface area contributed by atoms with E-state index in [1.54, 1.807) is 7.11 Å². The number of methoxy groups -OCH3 is 1. The number of nitrogens with one attached hydrogen (secondary N) is 1. The Hall–Kier alpha value is -1.06. The fraction of sp³-hybridized carbons (Fsp3) is 0.625. The third-order valence-electron chi connectivity index (χ3n) is 3.69. The SMILES string of the molecule is COc1ccccc1CC(C)NC1CCCOCC1. The third-order valence-corrected chi connectivity index (χ3v) is 3.69. The van der Waals surface area contributed by atoms with E-state index < -0.39 is 0 Å². The molecular weight excluding hydrogens is 238 g/mol. The van der Waals surface area contributed by atoms with Gasteiger partial charge in [-0.25, -0.2) is 0 Å². The number of benzene rings is 1. The summed E-state index contributed by atoms with van der Waals surface area (Å²) in [6, 6.07) is 9.31. The van der Waals surface area contributed by atoms with E-state index in [1.165, 1.54) is 18.4 Å². The second kappa shape index (κ2) is 7.51. The minimum atomic E-state index is 0.458. The quantitative estimate of drug-likeness (QED) is 0.886. The van der Waals surface area contributed by atoms with Gasteiger partial charge in [-0.2, -0.15) is 0 Å². The first-order chi connectivity index (χ1) is 9.29. The Morgan fingerprint density at radius 3 is 3.00 bits per heavy atom. The zero-order valence-corrected chi connectivity index (χ0v) is 12.0. The van der Waals surface area contributed by atoms with Gasteiger partial charge in [0, 0.05) is 25.3 Å². The van der Waals surface area contributed by atoms with Gasteiger partial charge in [0.05, 0.1) is 7.11 Å². The van der Waals surface area contributed by atoms with Gasteiger partial charge in [0.15, 0.2) is 0 Å². The lowest BCUT2D eigenvalue weighted by Gasteiger charge is -2.22. The Labute approximate surface area is 116 Å². The fourth-order valence-electron chi connectivity index (χ4n) is 2.73. The van der Waals surface area contributed by atoms with E-state index in [-0.39, 0.29) is 0 Å². The van der Waals surface area contributed by atoms with Crippen molar-refractivity contribution < 1.29 is 9.47 Å². The molecule has 1 saturated heterocycles. The van der Waals surface area contributed by atoms with Crippen LogP contribution in [-0.4, -0.2) is 32.4 Å². The smallest absolute Gasteiger partial charge is 0.122 e. The first kappa shape index (κ1) is 14.4. The monoisotopic (exact) mass is 263 g/mol. The van der Waals surface area contributed by atoms with Crippen LogP contribution >= 0.6 is 0 Å². The average molecular weight is 263 g/mol. The lowest BCUT2D eigenvalue weighted by atomic mass is 10.0. The van der Waals surface area contributed by atoms with Gasteiger partial charge >= 0.3 is 0 Å². The second-order valence-electron chi connectivity index (χ2n) is 5.32. The van der Waals surface area contributed by atoms with Gasteiger partial charge in [-0.1, -0.05) is 18.2 Å². The Bertz CT molecular complexity index is 373. The van der Waals surface area contributed by atoms with E-state index >= 15 is 0 Å². The molecule has 0 aromatic heterocycles. The van der Waals surface area contributed by atoms with Crippen molar-refractivity contribution in [3.05, 3.63) is 29.8 Å². The van der Waals surface area contributed by atoms with Crippen molar-refractivity contribution >= 4 is 0 Å². The van der Waals surface area contributed by atoms with Gasteiger partial charge in [-0.05, 0) is 44.2 Å². The second-order valence-corrected chi connectivity index (χ2v) is 5.32. The summed E-state index contributed by atoms with van der Waals surface area (Å²) in [5, 5.41) is 3.72. The molecule has 0 saturated carbocycles. The maximum Gasteiger partial charge on any atom is 0.122 e. The number of ether oxygens (including phenoxy) is 2. The normalized spacial score (nSPS) is 21.7. The molecule has 1 heterocycles. The molecular formula is C16H25NO2. The topological polar surface area (TPSA) is 30.5 Å². The van der Waals surface area contributed by atoms with Crippen LogP contribution in [0.2, 0.25) is 0 Å².